The van der Waals surface area contributed by atoms with Crippen molar-refractivity contribution in [1.29, 1.82) is 0 Å². The largest absolute Gasteiger partial charge is 0.494 e. The van der Waals surface area contributed by atoms with Gasteiger partial charge in [-0.3, -0.25) is 9.55 Å². The maximum atomic E-state index is 14.0. The number of sulfone groups is 1. The number of hydrogen-bond acceptors (Lipinski definition) is 10. The molecule has 1 aromatic carbocycles. The second kappa shape index (κ2) is 12.1. The topological polar surface area (TPSA) is 131 Å². The first-order valence-electron chi connectivity index (χ1n) is 12.8. The summed E-state index contributed by atoms with van der Waals surface area (Å²) in [5, 5.41) is 7.75. The van der Waals surface area contributed by atoms with Gasteiger partial charge in [0.1, 0.15) is 29.0 Å². The summed E-state index contributed by atoms with van der Waals surface area (Å²) in [6, 6.07) is 7.21. The summed E-state index contributed by atoms with van der Waals surface area (Å²) in [6.45, 7) is 9.06. The third-order valence-corrected chi connectivity index (χ3v) is 8.33. The summed E-state index contributed by atoms with van der Waals surface area (Å²) in [5.74, 6) is 1.36. The summed E-state index contributed by atoms with van der Waals surface area (Å²) in [5.41, 5.74) is 2.91. The zero-order chi connectivity index (χ0) is 29.0. The van der Waals surface area contributed by atoms with E-state index >= 15 is 0 Å². The van der Waals surface area contributed by atoms with Crippen molar-refractivity contribution in [2.24, 2.45) is 0 Å². The molecular weight excluding hydrogens is 532 g/mol. The first-order valence-corrected chi connectivity index (χ1v) is 14.5. The SMILES string of the molecule is COc1cccc(OC)c1-n1c(CS(=O)(=O)[C@H](C)[C@H](OC(C)C)c2ncc(C)cn2)nnc1-c1cncc(C)c1. The number of hydrogen-bond donors (Lipinski definition) is 0. The Morgan fingerprint density at radius 3 is 2.12 bits per heavy atom. The normalized spacial score (nSPS) is 13.3. The van der Waals surface area contributed by atoms with Gasteiger partial charge in [0.2, 0.25) is 0 Å². The molecule has 40 heavy (non-hydrogen) atoms. The lowest BCUT2D eigenvalue weighted by atomic mass is 10.2. The molecule has 0 N–H and O–H groups in total. The highest BCUT2D eigenvalue weighted by molar-refractivity contribution is 7.91. The average Bonchev–Trinajstić information content (AvgIpc) is 3.33. The summed E-state index contributed by atoms with van der Waals surface area (Å²) in [6.07, 6.45) is 5.52. The molecule has 2 atom stereocenters. The molecule has 0 aliphatic carbocycles. The quantitative estimate of drug-likeness (QED) is 0.260. The van der Waals surface area contributed by atoms with E-state index in [9.17, 15) is 8.42 Å². The molecule has 0 aliphatic rings. The Balaban J connectivity index is 1.85. The van der Waals surface area contributed by atoms with E-state index in [0.29, 0.717) is 34.4 Å². The lowest BCUT2D eigenvalue weighted by Crippen LogP contribution is -2.32. The van der Waals surface area contributed by atoms with Crippen LogP contribution in [0.2, 0.25) is 0 Å². The van der Waals surface area contributed by atoms with Gasteiger partial charge in [0.05, 0.1) is 25.6 Å². The molecule has 0 unspecified atom stereocenters. The number of methoxy groups -OCH3 is 2. The predicted molar refractivity (Wildman–Crippen MR) is 150 cm³/mol. The Morgan fingerprint density at radius 1 is 0.900 bits per heavy atom. The van der Waals surface area contributed by atoms with Gasteiger partial charge in [-0.25, -0.2) is 18.4 Å². The van der Waals surface area contributed by atoms with E-state index in [0.717, 1.165) is 11.1 Å². The van der Waals surface area contributed by atoms with Crippen molar-refractivity contribution in [3.63, 3.8) is 0 Å². The molecule has 0 amide bonds. The Bertz CT molecular complexity index is 1550. The first-order chi connectivity index (χ1) is 19.1. The van der Waals surface area contributed by atoms with Crippen LogP contribution in [-0.4, -0.2) is 63.7 Å². The Labute approximate surface area is 234 Å². The van der Waals surface area contributed by atoms with Crippen LogP contribution in [0.5, 0.6) is 11.5 Å². The van der Waals surface area contributed by atoms with E-state index in [-0.39, 0.29) is 11.9 Å². The number of pyridine rings is 1. The zero-order valence-electron chi connectivity index (χ0n) is 23.7. The van der Waals surface area contributed by atoms with Gasteiger partial charge in [0.15, 0.2) is 27.3 Å². The molecule has 0 radical (unpaired) electrons. The maximum absolute atomic E-state index is 14.0. The average molecular weight is 567 g/mol. The van der Waals surface area contributed by atoms with Crippen molar-refractivity contribution >= 4 is 9.84 Å². The number of nitrogens with zero attached hydrogens (tertiary/aromatic N) is 6. The molecule has 0 saturated heterocycles. The molecule has 0 bridgehead atoms. The van der Waals surface area contributed by atoms with Crippen LogP contribution in [0, 0.1) is 13.8 Å². The van der Waals surface area contributed by atoms with E-state index < -0.39 is 26.9 Å². The Morgan fingerprint density at radius 2 is 1.55 bits per heavy atom. The first kappa shape index (κ1) is 29.1. The predicted octanol–water partition coefficient (Wildman–Crippen LogP) is 4.22. The van der Waals surface area contributed by atoms with Gasteiger partial charge in [-0.1, -0.05) is 6.07 Å². The van der Waals surface area contributed by atoms with Crippen LogP contribution in [0.3, 0.4) is 0 Å². The molecule has 0 saturated carbocycles. The maximum Gasteiger partial charge on any atom is 0.170 e. The van der Waals surface area contributed by atoms with Crippen LogP contribution in [0.4, 0.5) is 0 Å². The molecule has 11 nitrogen and oxygen atoms in total. The molecule has 4 rings (SSSR count). The molecule has 0 fully saturated rings. The number of benzene rings is 1. The third kappa shape index (κ3) is 6.13. The van der Waals surface area contributed by atoms with Crippen molar-refractivity contribution in [3.05, 3.63) is 71.8 Å². The van der Waals surface area contributed by atoms with E-state index in [1.54, 1.807) is 54.5 Å². The van der Waals surface area contributed by atoms with Crippen LogP contribution in [0.25, 0.3) is 17.1 Å². The zero-order valence-corrected chi connectivity index (χ0v) is 24.5. The Hall–Kier alpha value is -3.90. The number of rotatable bonds is 11. The van der Waals surface area contributed by atoms with Crippen molar-refractivity contribution < 1.29 is 22.6 Å². The van der Waals surface area contributed by atoms with Crippen molar-refractivity contribution in [1.82, 2.24) is 29.7 Å². The monoisotopic (exact) mass is 566 g/mol. The third-order valence-electron chi connectivity index (χ3n) is 6.29. The van der Waals surface area contributed by atoms with Crippen LogP contribution < -0.4 is 9.47 Å². The fraction of sp³-hybridized carbons (Fsp3) is 0.393. The highest BCUT2D eigenvalue weighted by atomic mass is 32.2. The van der Waals surface area contributed by atoms with Crippen LogP contribution in [0.1, 0.15) is 49.7 Å². The van der Waals surface area contributed by atoms with Crippen molar-refractivity contribution in [2.75, 3.05) is 14.2 Å². The second-order valence-electron chi connectivity index (χ2n) is 9.77. The lowest BCUT2D eigenvalue weighted by Gasteiger charge is -2.25. The molecule has 3 heterocycles. The van der Waals surface area contributed by atoms with Gasteiger partial charge in [-0.2, -0.15) is 0 Å². The summed E-state index contributed by atoms with van der Waals surface area (Å²) in [4.78, 5) is 13.0. The minimum Gasteiger partial charge on any atom is -0.494 e. The fourth-order valence-corrected chi connectivity index (χ4v) is 5.66. The minimum atomic E-state index is -3.89. The summed E-state index contributed by atoms with van der Waals surface area (Å²) >= 11 is 0. The molecular formula is C28H34N6O5S. The standard InChI is InChI=1S/C28H34N6O5S/c1-17(2)39-26(27-30-13-19(4)14-31-27)20(5)40(35,36)16-24-32-33-28(21-11-18(3)12-29-15-21)34(24)25-22(37-6)9-8-10-23(25)38-7/h8-15,17,20,26H,16H2,1-7H3/t20-,26+/m1/s1. The smallest absolute Gasteiger partial charge is 0.170 e. The summed E-state index contributed by atoms with van der Waals surface area (Å²) in [7, 11) is -0.824. The van der Waals surface area contributed by atoms with E-state index in [1.807, 2.05) is 33.8 Å². The molecule has 4 aromatic rings. The van der Waals surface area contributed by atoms with Crippen molar-refractivity contribution in [3.8, 4) is 28.6 Å². The second-order valence-corrected chi connectivity index (χ2v) is 12.1. The molecule has 0 aliphatic heterocycles. The van der Waals surface area contributed by atoms with Crippen molar-refractivity contribution in [2.45, 2.75) is 57.8 Å². The lowest BCUT2D eigenvalue weighted by molar-refractivity contribution is 0.00141. The molecule has 212 valence electrons. The number of para-hydroxylation sites is 1. The molecule has 12 heteroatoms. The van der Waals surface area contributed by atoms with Crippen LogP contribution in [0.15, 0.2) is 49.1 Å². The Kier molecular flexibility index (Phi) is 8.79. The number of aromatic nitrogens is 6. The van der Waals surface area contributed by atoms with E-state index in [4.69, 9.17) is 14.2 Å². The number of ether oxygens (including phenoxy) is 3. The molecule has 3 aromatic heterocycles. The van der Waals surface area contributed by atoms with Gasteiger partial charge < -0.3 is 14.2 Å². The van der Waals surface area contributed by atoms with Crippen LogP contribution >= 0.6 is 0 Å². The highest BCUT2D eigenvalue weighted by Gasteiger charge is 2.36. The number of aryl methyl sites for hydroxylation is 2. The van der Waals surface area contributed by atoms with Gasteiger partial charge in [0.25, 0.3) is 0 Å². The van der Waals surface area contributed by atoms with Gasteiger partial charge in [-0.05, 0) is 63.9 Å². The van der Waals surface area contributed by atoms with Gasteiger partial charge in [0, 0.05) is 30.4 Å². The van der Waals surface area contributed by atoms with Crippen LogP contribution in [-0.2, 0) is 20.3 Å². The minimum absolute atomic E-state index is 0.180. The van der Waals surface area contributed by atoms with E-state index in [2.05, 4.69) is 25.1 Å². The van der Waals surface area contributed by atoms with Gasteiger partial charge >= 0.3 is 0 Å². The fourth-order valence-electron chi connectivity index (χ4n) is 4.29. The summed E-state index contributed by atoms with van der Waals surface area (Å²) < 4.78 is 46.9. The highest BCUT2D eigenvalue weighted by Crippen LogP contribution is 2.37. The van der Waals surface area contributed by atoms with Gasteiger partial charge in [-0.15, -0.1) is 10.2 Å². The molecule has 0 spiro atoms. The van der Waals surface area contributed by atoms with E-state index in [1.165, 1.54) is 14.2 Å².